The number of benzene rings is 2. The number of rotatable bonds is 19. The van der Waals surface area contributed by atoms with Gasteiger partial charge in [-0.15, -0.1) is 0 Å². The molecular formula is C34H52N2O8. The molecule has 44 heavy (non-hydrogen) atoms. The van der Waals surface area contributed by atoms with Crippen LogP contribution in [0.3, 0.4) is 0 Å². The van der Waals surface area contributed by atoms with Gasteiger partial charge in [0.15, 0.2) is 23.0 Å². The van der Waals surface area contributed by atoms with Crippen molar-refractivity contribution in [1.29, 1.82) is 0 Å². The zero-order valence-electron chi connectivity index (χ0n) is 27.4. The van der Waals surface area contributed by atoms with E-state index in [1.54, 1.807) is 28.4 Å². The Morgan fingerprint density at radius 2 is 1.30 bits per heavy atom. The van der Waals surface area contributed by atoms with E-state index in [2.05, 4.69) is 12.2 Å². The van der Waals surface area contributed by atoms with Crippen LogP contribution in [0.25, 0.3) is 0 Å². The molecule has 246 valence electrons. The van der Waals surface area contributed by atoms with Gasteiger partial charge in [0, 0.05) is 0 Å². The lowest BCUT2D eigenvalue weighted by atomic mass is 10.0. The van der Waals surface area contributed by atoms with Crippen LogP contribution in [0.4, 0.5) is 10.5 Å². The summed E-state index contributed by atoms with van der Waals surface area (Å²) in [5.41, 5.74) is 2.18. The molecule has 1 heterocycles. The largest absolute Gasteiger partial charge is 0.493 e. The maximum Gasteiger partial charge on any atom is 0.345 e. The Morgan fingerprint density at radius 1 is 0.773 bits per heavy atom. The highest BCUT2D eigenvalue weighted by atomic mass is 16.5. The standard InChI is InChI=1S/C34H52N2O8/c1-7-9-10-11-12-13-14-15-18-36(38)34(37)35-26-20-24(21-29(39-3)32(26)43-19-8-2)27-16-17-28(44-27)25-22-30(40-4)33(42-6)31(23-25)41-5/h20-23,27-28,38H,7-19H2,1-6H3,(H,35,37). The number of carbonyl (C=O) groups is 1. The fourth-order valence-corrected chi connectivity index (χ4v) is 5.50. The van der Waals surface area contributed by atoms with Crippen LogP contribution in [-0.2, 0) is 4.74 Å². The molecule has 2 atom stereocenters. The first-order valence-electron chi connectivity index (χ1n) is 16.0. The Morgan fingerprint density at radius 3 is 1.82 bits per heavy atom. The van der Waals surface area contributed by atoms with Crippen molar-refractivity contribution in [2.75, 3.05) is 46.9 Å². The number of amides is 2. The van der Waals surface area contributed by atoms with Crippen molar-refractivity contribution in [3.63, 3.8) is 0 Å². The molecule has 2 aromatic carbocycles. The van der Waals surface area contributed by atoms with E-state index in [4.69, 9.17) is 28.4 Å². The molecule has 10 nitrogen and oxygen atoms in total. The number of nitrogens with one attached hydrogen (secondary N) is 1. The van der Waals surface area contributed by atoms with Crippen LogP contribution in [-0.4, -0.2) is 57.9 Å². The Kier molecular flexibility index (Phi) is 14.7. The summed E-state index contributed by atoms with van der Waals surface area (Å²) >= 11 is 0. The topological polar surface area (TPSA) is 108 Å². The van der Waals surface area contributed by atoms with Crippen molar-refractivity contribution in [3.05, 3.63) is 35.4 Å². The molecule has 0 aromatic heterocycles. The summed E-state index contributed by atoms with van der Waals surface area (Å²) in [4.78, 5) is 13.0. The van der Waals surface area contributed by atoms with Gasteiger partial charge in [-0.25, -0.2) is 9.86 Å². The predicted molar refractivity (Wildman–Crippen MR) is 171 cm³/mol. The monoisotopic (exact) mass is 616 g/mol. The van der Waals surface area contributed by atoms with Gasteiger partial charge < -0.3 is 33.7 Å². The first-order chi connectivity index (χ1) is 21.4. The molecule has 3 rings (SSSR count). The molecule has 0 bridgehead atoms. The lowest BCUT2D eigenvalue weighted by Crippen LogP contribution is -2.33. The van der Waals surface area contributed by atoms with Crippen LogP contribution in [0.5, 0.6) is 28.7 Å². The second-order valence-electron chi connectivity index (χ2n) is 11.1. The second kappa shape index (κ2) is 18.4. The van der Waals surface area contributed by atoms with E-state index in [-0.39, 0.29) is 18.8 Å². The van der Waals surface area contributed by atoms with Crippen LogP contribution in [0.1, 0.15) is 108 Å². The van der Waals surface area contributed by atoms with E-state index in [1.807, 2.05) is 31.2 Å². The third-order valence-corrected chi connectivity index (χ3v) is 7.90. The maximum absolute atomic E-state index is 13.0. The second-order valence-corrected chi connectivity index (χ2v) is 11.1. The van der Waals surface area contributed by atoms with Gasteiger partial charge >= 0.3 is 6.03 Å². The number of carbonyl (C=O) groups excluding carboxylic acids is 1. The molecule has 1 saturated heterocycles. The average Bonchev–Trinajstić information content (AvgIpc) is 3.54. The third-order valence-electron chi connectivity index (χ3n) is 7.90. The summed E-state index contributed by atoms with van der Waals surface area (Å²) in [6.45, 7) is 4.92. The Labute approximate surface area is 262 Å². The van der Waals surface area contributed by atoms with Crippen LogP contribution >= 0.6 is 0 Å². The number of hydrogen-bond acceptors (Lipinski definition) is 8. The molecule has 2 amide bonds. The number of urea groups is 1. The van der Waals surface area contributed by atoms with Crippen molar-refractivity contribution < 1.29 is 38.4 Å². The minimum atomic E-state index is -0.615. The number of methoxy groups -OCH3 is 4. The van der Waals surface area contributed by atoms with Crippen LogP contribution < -0.4 is 29.0 Å². The minimum Gasteiger partial charge on any atom is -0.493 e. The molecular weight excluding hydrogens is 564 g/mol. The fraction of sp³-hybridized carbons (Fsp3) is 0.618. The molecule has 2 N–H and O–H groups in total. The zero-order valence-corrected chi connectivity index (χ0v) is 27.4. The van der Waals surface area contributed by atoms with Gasteiger partial charge in [-0.1, -0.05) is 58.8 Å². The van der Waals surface area contributed by atoms with Crippen LogP contribution in [0.2, 0.25) is 0 Å². The molecule has 1 aliphatic rings. The summed E-state index contributed by atoms with van der Waals surface area (Å²) in [5, 5.41) is 14.1. The van der Waals surface area contributed by atoms with Gasteiger partial charge in [-0.05, 0) is 61.1 Å². The molecule has 0 spiro atoms. The van der Waals surface area contributed by atoms with Crippen molar-refractivity contribution >= 4 is 11.7 Å². The SMILES string of the molecule is CCCCCCCCCCN(O)C(=O)Nc1cc(C2CCC(c3cc(OC)c(OC)c(OC)c3)O2)cc(OC)c1OCCC. The van der Waals surface area contributed by atoms with Gasteiger partial charge in [-0.3, -0.25) is 5.21 Å². The van der Waals surface area contributed by atoms with Gasteiger partial charge in [0.2, 0.25) is 5.75 Å². The highest BCUT2D eigenvalue weighted by Gasteiger charge is 2.31. The Hall–Kier alpha value is -3.37. The number of hydrogen-bond donors (Lipinski definition) is 2. The van der Waals surface area contributed by atoms with E-state index >= 15 is 0 Å². The summed E-state index contributed by atoms with van der Waals surface area (Å²) < 4.78 is 34.8. The quantitative estimate of drug-likeness (QED) is 0.0919. The molecule has 2 aromatic rings. The van der Waals surface area contributed by atoms with E-state index in [0.717, 1.165) is 54.7 Å². The van der Waals surface area contributed by atoms with E-state index in [0.29, 0.717) is 41.0 Å². The van der Waals surface area contributed by atoms with Gasteiger partial charge in [-0.2, -0.15) is 0 Å². The Balaban J connectivity index is 1.73. The van der Waals surface area contributed by atoms with Crippen molar-refractivity contribution in [2.24, 2.45) is 0 Å². The molecule has 1 fully saturated rings. The number of ether oxygens (including phenoxy) is 6. The smallest absolute Gasteiger partial charge is 0.345 e. The molecule has 1 aliphatic heterocycles. The van der Waals surface area contributed by atoms with Gasteiger partial charge in [0.1, 0.15) is 0 Å². The molecule has 0 aliphatic carbocycles. The molecule has 0 radical (unpaired) electrons. The number of unbranched alkanes of at least 4 members (excludes halogenated alkanes) is 7. The van der Waals surface area contributed by atoms with Gasteiger partial charge in [0.25, 0.3) is 0 Å². The van der Waals surface area contributed by atoms with Crippen molar-refractivity contribution in [2.45, 2.75) is 96.7 Å². The summed E-state index contributed by atoms with van der Waals surface area (Å²) in [7, 11) is 6.32. The Bertz CT molecular complexity index is 1150. The highest BCUT2D eigenvalue weighted by molar-refractivity contribution is 5.91. The van der Waals surface area contributed by atoms with E-state index < -0.39 is 6.03 Å². The van der Waals surface area contributed by atoms with E-state index in [1.165, 1.54) is 32.1 Å². The van der Waals surface area contributed by atoms with Gasteiger partial charge in [0.05, 0.1) is 59.5 Å². The normalized spacial score (nSPS) is 16.0. The fourth-order valence-electron chi connectivity index (χ4n) is 5.50. The number of hydroxylamine groups is 2. The molecule has 10 heteroatoms. The zero-order chi connectivity index (χ0) is 31.9. The highest BCUT2D eigenvalue weighted by Crippen LogP contribution is 2.48. The number of anilines is 1. The lowest BCUT2D eigenvalue weighted by molar-refractivity contribution is -0.0382. The summed E-state index contributed by atoms with van der Waals surface area (Å²) in [6, 6.07) is 6.93. The van der Waals surface area contributed by atoms with Crippen LogP contribution in [0.15, 0.2) is 24.3 Å². The van der Waals surface area contributed by atoms with Crippen LogP contribution in [0, 0.1) is 0 Å². The van der Waals surface area contributed by atoms with E-state index in [9.17, 15) is 10.0 Å². The summed E-state index contributed by atoms with van der Waals surface area (Å²) in [5.74, 6) is 2.57. The lowest BCUT2D eigenvalue weighted by Gasteiger charge is -2.22. The van der Waals surface area contributed by atoms with Crippen molar-refractivity contribution in [1.82, 2.24) is 5.06 Å². The summed E-state index contributed by atoms with van der Waals surface area (Å²) in [6.07, 6.45) is 10.9. The molecule has 0 saturated carbocycles. The first kappa shape index (κ1) is 35.1. The predicted octanol–water partition coefficient (Wildman–Crippen LogP) is 8.47. The average molecular weight is 617 g/mol. The molecule has 2 unspecified atom stereocenters. The number of nitrogens with zero attached hydrogens (tertiary/aromatic N) is 1. The first-order valence-corrected chi connectivity index (χ1v) is 16.0. The third kappa shape index (κ3) is 9.56. The minimum absolute atomic E-state index is 0.201. The maximum atomic E-state index is 13.0. The van der Waals surface area contributed by atoms with Crippen molar-refractivity contribution in [3.8, 4) is 28.7 Å².